The van der Waals surface area contributed by atoms with Gasteiger partial charge in [0.05, 0.1) is 5.69 Å². The van der Waals surface area contributed by atoms with Crippen molar-refractivity contribution < 1.29 is 9.26 Å². The molecule has 1 fully saturated rings. The fourth-order valence-electron chi connectivity index (χ4n) is 1.85. The Morgan fingerprint density at radius 3 is 3.06 bits per heavy atom. The Kier molecular flexibility index (Phi) is 5.68. The van der Waals surface area contributed by atoms with Gasteiger partial charge in [-0.05, 0) is 19.3 Å². The molecular formula is C14H24N2O2. The molecule has 102 valence electrons. The highest BCUT2D eigenvalue weighted by Crippen LogP contribution is 2.19. The quantitative estimate of drug-likeness (QED) is 0.650. The van der Waals surface area contributed by atoms with E-state index in [0.29, 0.717) is 12.6 Å². The van der Waals surface area contributed by atoms with E-state index in [1.807, 2.05) is 6.07 Å². The van der Waals surface area contributed by atoms with E-state index in [1.165, 1.54) is 32.1 Å². The monoisotopic (exact) mass is 252 g/mol. The van der Waals surface area contributed by atoms with Crippen LogP contribution in [0.2, 0.25) is 0 Å². The largest absolute Gasteiger partial charge is 0.373 e. The van der Waals surface area contributed by atoms with Gasteiger partial charge in [0, 0.05) is 25.3 Å². The van der Waals surface area contributed by atoms with Crippen LogP contribution < -0.4 is 5.32 Å². The number of hydrogen-bond donors (Lipinski definition) is 1. The highest BCUT2D eigenvalue weighted by Gasteiger charge is 2.20. The van der Waals surface area contributed by atoms with Gasteiger partial charge >= 0.3 is 0 Å². The van der Waals surface area contributed by atoms with Gasteiger partial charge in [-0.25, -0.2) is 0 Å². The lowest BCUT2D eigenvalue weighted by Crippen LogP contribution is -2.15. The molecule has 0 radical (unpaired) electrons. The molecule has 0 unspecified atom stereocenters. The van der Waals surface area contributed by atoms with Crippen LogP contribution >= 0.6 is 0 Å². The maximum Gasteiger partial charge on any atom is 0.162 e. The smallest absolute Gasteiger partial charge is 0.162 e. The summed E-state index contributed by atoms with van der Waals surface area (Å²) in [5.41, 5.74) is 0.978. The Morgan fingerprint density at radius 2 is 2.28 bits per heavy atom. The highest BCUT2D eigenvalue weighted by molar-refractivity contribution is 5.04. The maximum absolute atomic E-state index is 5.56. The van der Waals surface area contributed by atoms with Crippen LogP contribution in [-0.2, 0) is 17.9 Å². The molecular weight excluding hydrogens is 228 g/mol. The normalized spacial score (nSPS) is 15.2. The molecule has 0 saturated heterocycles. The van der Waals surface area contributed by atoms with Gasteiger partial charge in [0.1, 0.15) is 6.61 Å². The van der Waals surface area contributed by atoms with E-state index in [0.717, 1.165) is 31.0 Å². The molecule has 0 spiro atoms. The average Bonchev–Trinajstić information content (AvgIpc) is 3.11. The summed E-state index contributed by atoms with van der Waals surface area (Å²) in [7, 11) is 0. The van der Waals surface area contributed by atoms with Gasteiger partial charge in [-0.2, -0.15) is 0 Å². The zero-order valence-corrected chi connectivity index (χ0v) is 11.3. The highest BCUT2D eigenvalue weighted by atomic mass is 16.5. The minimum absolute atomic E-state index is 0.544. The van der Waals surface area contributed by atoms with Crippen molar-refractivity contribution in [3.63, 3.8) is 0 Å². The van der Waals surface area contributed by atoms with Crippen LogP contribution in [0, 0.1) is 0 Å². The van der Waals surface area contributed by atoms with Crippen molar-refractivity contribution in [2.75, 3.05) is 6.61 Å². The Hall–Kier alpha value is -0.870. The topological polar surface area (TPSA) is 47.3 Å². The van der Waals surface area contributed by atoms with Gasteiger partial charge in [0.2, 0.25) is 0 Å². The van der Waals surface area contributed by atoms with E-state index in [9.17, 15) is 0 Å². The third kappa shape index (κ3) is 5.19. The molecule has 0 amide bonds. The van der Waals surface area contributed by atoms with Crippen LogP contribution in [0.5, 0.6) is 0 Å². The van der Waals surface area contributed by atoms with Crippen molar-refractivity contribution >= 4 is 0 Å². The van der Waals surface area contributed by atoms with Crippen LogP contribution in [0.1, 0.15) is 56.9 Å². The SMILES string of the molecule is CCCCCCOCc1cc(CNC2CC2)no1. The fraction of sp³-hybridized carbons (Fsp3) is 0.786. The predicted molar refractivity (Wildman–Crippen MR) is 70.2 cm³/mol. The van der Waals surface area contributed by atoms with Gasteiger partial charge in [-0.15, -0.1) is 0 Å². The Labute approximate surface area is 109 Å². The van der Waals surface area contributed by atoms with Gasteiger partial charge in [0.15, 0.2) is 5.76 Å². The van der Waals surface area contributed by atoms with Gasteiger partial charge in [-0.1, -0.05) is 31.3 Å². The molecule has 4 heteroatoms. The molecule has 0 atom stereocenters. The summed E-state index contributed by atoms with van der Waals surface area (Å²) >= 11 is 0. The predicted octanol–water partition coefficient (Wildman–Crippen LogP) is 3.02. The van der Waals surface area contributed by atoms with Crippen molar-refractivity contribution in [3.05, 3.63) is 17.5 Å². The minimum atomic E-state index is 0.544. The molecule has 4 nitrogen and oxygen atoms in total. The molecule has 1 saturated carbocycles. The molecule has 0 aromatic carbocycles. The van der Waals surface area contributed by atoms with Crippen molar-refractivity contribution in [1.82, 2.24) is 10.5 Å². The fourth-order valence-corrected chi connectivity index (χ4v) is 1.85. The van der Waals surface area contributed by atoms with Crippen LogP contribution in [-0.4, -0.2) is 17.8 Å². The van der Waals surface area contributed by atoms with Crippen LogP contribution in [0.4, 0.5) is 0 Å². The molecule has 18 heavy (non-hydrogen) atoms. The first-order valence-electron chi connectivity index (χ1n) is 7.14. The zero-order chi connectivity index (χ0) is 12.6. The zero-order valence-electron chi connectivity index (χ0n) is 11.3. The van der Waals surface area contributed by atoms with Crippen molar-refractivity contribution in [3.8, 4) is 0 Å². The molecule has 1 N–H and O–H groups in total. The summed E-state index contributed by atoms with van der Waals surface area (Å²) in [6, 6.07) is 2.70. The molecule has 0 bridgehead atoms. The summed E-state index contributed by atoms with van der Waals surface area (Å²) in [5.74, 6) is 0.832. The molecule has 1 aromatic heterocycles. The lowest BCUT2D eigenvalue weighted by atomic mass is 10.2. The summed E-state index contributed by atoms with van der Waals surface area (Å²) in [5, 5.41) is 7.44. The summed E-state index contributed by atoms with van der Waals surface area (Å²) in [4.78, 5) is 0. The molecule has 1 heterocycles. The Bertz CT molecular complexity index is 334. The van der Waals surface area contributed by atoms with E-state index in [4.69, 9.17) is 9.26 Å². The molecule has 1 aliphatic rings. The second-order valence-corrected chi connectivity index (χ2v) is 5.05. The van der Waals surface area contributed by atoms with Crippen LogP contribution in [0.15, 0.2) is 10.6 Å². The second-order valence-electron chi connectivity index (χ2n) is 5.05. The molecule has 2 rings (SSSR count). The number of hydrogen-bond acceptors (Lipinski definition) is 4. The number of nitrogens with one attached hydrogen (secondary N) is 1. The Morgan fingerprint density at radius 1 is 1.39 bits per heavy atom. The standard InChI is InChI=1S/C14H24N2O2/c1-2-3-4-5-8-17-11-14-9-13(16-18-14)10-15-12-6-7-12/h9,12,15H,2-8,10-11H2,1H3. The number of nitrogens with zero attached hydrogens (tertiary/aromatic N) is 1. The van der Waals surface area contributed by atoms with E-state index >= 15 is 0 Å². The van der Waals surface area contributed by atoms with Gasteiger partial charge < -0.3 is 14.6 Å². The minimum Gasteiger partial charge on any atom is -0.373 e. The maximum atomic E-state index is 5.56. The summed E-state index contributed by atoms with van der Waals surface area (Å²) < 4.78 is 10.8. The van der Waals surface area contributed by atoms with Gasteiger partial charge in [-0.3, -0.25) is 0 Å². The Balaban J connectivity index is 1.54. The van der Waals surface area contributed by atoms with Crippen molar-refractivity contribution in [2.45, 2.75) is 64.6 Å². The van der Waals surface area contributed by atoms with Crippen LogP contribution in [0.3, 0.4) is 0 Å². The van der Waals surface area contributed by atoms with Crippen molar-refractivity contribution in [2.24, 2.45) is 0 Å². The summed E-state index contributed by atoms with van der Waals surface area (Å²) in [6.45, 7) is 4.39. The lowest BCUT2D eigenvalue weighted by Gasteiger charge is -2.00. The average molecular weight is 252 g/mol. The molecule has 1 aliphatic carbocycles. The first-order valence-corrected chi connectivity index (χ1v) is 7.14. The third-order valence-corrected chi connectivity index (χ3v) is 3.14. The number of rotatable bonds is 10. The first-order chi connectivity index (χ1) is 8.88. The third-order valence-electron chi connectivity index (χ3n) is 3.14. The molecule has 0 aliphatic heterocycles. The number of unbranched alkanes of at least 4 members (excludes halogenated alkanes) is 3. The van der Waals surface area contributed by atoms with E-state index in [2.05, 4.69) is 17.4 Å². The number of aromatic nitrogens is 1. The lowest BCUT2D eigenvalue weighted by molar-refractivity contribution is 0.0976. The second kappa shape index (κ2) is 7.54. The van der Waals surface area contributed by atoms with Gasteiger partial charge in [0.25, 0.3) is 0 Å². The van der Waals surface area contributed by atoms with E-state index in [-0.39, 0.29) is 0 Å². The first kappa shape index (κ1) is 13.6. The van der Waals surface area contributed by atoms with E-state index < -0.39 is 0 Å². The molecule has 1 aromatic rings. The number of ether oxygens (including phenoxy) is 1. The van der Waals surface area contributed by atoms with E-state index in [1.54, 1.807) is 0 Å². The van der Waals surface area contributed by atoms with Crippen LogP contribution in [0.25, 0.3) is 0 Å². The van der Waals surface area contributed by atoms with Crippen molar-refractivity contribution in [1.29, 1.82) is 0 Å². The summed E-state index contributed by atoms with van der Waals surface area (Å²) in [6.07, 6.45) is 7.54.